The molecular weight excluding hydrogens is 344 g/mol. The minimum atomic E-state index is -0.523. The fourth-order valence-electron chi connectivity index (χ4n) is 4.16. The van der Waals surface area contributed by atoms with E-state index in [0.717, 1.165) is 25.7 Å². The van der Waals surface area contributed by atoms with Gasteiger partial charge >= 0.3 is 11.9 Å². The van der Waals surface area contributed by atoms with Crippen molar-refractivity contribution >= 4 is 11.9 Å². The van der Waals surface area contributed by atoms with Crippen LogP contribution in [0.2, 0.25) is 0 Å². The third-order valence-corrected chi connectivity index (χ3v) is 6.02. The first-order valence-electron chi connectivity index (χ1n) is 9.78. The minimum absolute atomic E-state index is 0.0511. The van der Waals surface area contributed by atoms with E-state index in [4.69, 9.17) is 14.2 Å². The van der Waals surface area contributed by atoms with Gasteiger partial charge in [0.2, 0.25) is 0 Å². The zero-order chi connectivity index (χ0) is 19.8. The van der Waals surface area contributed by atoms with E-state index in [1.54, 1.807) is 0 Å². The maximum Gasteiger partial charge on any atom is 0.334 e. The van der Waals surface area contributed by atoms with Gasteiger partial charge in [-0.05, 0) is 59.0 Å². The van der Waals surface area contributed by atoms with Gasteiger partial charge in [0.25, 0.3) is 0 Å². The summed E-state index contributed by atoms with van der Waals surface area (Å²) in [5.41, 5.74) is 2.46. The zero-order valence-corrected chi connectivity index (χ0v) is 16.7. The molecule has 5 heteroatoms. The third kappa shape index (κ3) is 4.34. The van der Waals surface area contributed by atoms with E-state index in [9.17, 15) is 9.59 Å². The lowest BCUT2D eigenvalue weighted by atomic mass is 9.84. The van der Waals surface area contributed by atoms with E-state index < -0.39 is 11.7 Å². The Hall–Kier alpha value is -1.88. The van der Waals surface area contributed by atoms with Crippen LogP contribution < -0.4 is 0 Å². The van der Waals surface area contributed by atoms with E-state index >= 15 is 0 Å². The van der Waals surface area contributed by atoms with Crippen LogP contribution in [0.3, 0.4) is 0 Å². The maximum absolute atomic E-state index is 12.1. The van der Waals surface area contributed by atoms with Gasteiger partial charge in [0, 0.05) is 18.4 Å². The first kappa shape index (κ1) is 19.9. The Balaban J connectivity index is 1.91. The molecule has 2 heterocycles. The molecule has 0 unspecified atom stereocenters. The first-order valence-corrected chi connectivity index (χ1v) is 9.78. The van der Waals surface area contributed by atoms with Crippen LogP contribution in [0.1, 0.15) is 59.8 Å². The summed E-state index contributed by atoms with van der Waals surface area (Å²) < 4.78 is 17.2. The number of hydrogen-bond acceptors (Lipinski definition) is 5. The summed E-state index contributed by atoms with van der Waals surface area (Å²) in [6.07, 6.45) is 7.78. The van der Waals surface area contributed by atoms with Gasteiger partial charge in [-0.1, -0.05) is 23.8 Å². The van der Waals surface area contributed by atoms with E-state index in [2.05, 4.69) is 26.5 Å². The minimum Gasteiger partial charge on any atom is -0.459 e. The van der Waals surface area contributed by atoms with Crippen molar-refractivity contribution in [2.75, 3.05) is 0 Å². The number of carbonyl (C=O) groups excluding carboxylic acids is 2. The maximum atomic E-state index is 12.1. The van der Waals surface area contributed by atoms with E-state index in [1.165, 1.54) is 18.1 Å². The SMILES string of the molecule is C=C1C(=O)O[C@H]2/C=C(\C)CC/C=C(\C)CC[C@H]3O[C@]3(C)[C@@H](OC(C)=O)C[C@H]12. The van der Waals surface area contributed by atoms with Gasteiger partial charge in [0.05, 0.1) is 6.10 Å². The second-order valence-electron chi connectivity index (χ2n) is 8.27. The van der Waals surface area contributed by atoms with Gasteiger partial charge in [0.15, 0.2) is 0 Å². The van der Waals surface area contributed by atoms with E-state index in [0.29, 0.717) is 12.0 Å². The summed E-state index contributed by atoms with van der Waals surface area (Å²) in [7, 11) is 0. The topological polar surface area (TPSA) is 65.1 Å². The predicted octanol–water partition coefficient (Wildman–Crippen LogP) is 4.03. The summed E-state index contributed by atoms with van der Waals surface area (Å²) in [6.45, 7) is 11.5. The lowest BCUT2D eigenvalue weighted by Gasteiger charge is -2.26. The number of allylic oxidation sites excluding steroid dienone is 3. The van der Waals surface area contributed by atoms with Crippen LogP contribution in [0.25, 0.3) is 0 Å². The highest BCUT2D eigenvalue weighted by molar-refractivity contribution is 5.91. The van der Waals surface area contributed by atoms with Crippen molar-refractivity contribution in [3.05, 3.63) is 35.5 Å². The number of rotatable bonds is 1. The summed E-state index contributed by atoms with van der Waals surface area (Å²) in [5, 5.41) is 0. The lowest BCUT2D eigenvalue weighted by molar-refractivity contribution is -0.151. The Bertz CT molecular complexity index is 703. The first-order chi connectivity index (χ1) is 12.7. The molecule has 0 amide bonds. The average molecular weight is 374 g/mol. The number of hydrogen-bond donors (Lipinski definition) is 0. The van der Waals surface area contributed by atoms with E-state index in [1.807, 2.05) is 13.0 Å². The molecule has 0 aromatic rings. The van der Waals surface area contributed by atoms with Gasteiger partial charge in [-0.25, -0.2) is 4.79 Å². The molecule has 2 aliphatic heterocycles. The number of epoxide rings is 1. The average Bonchev–Trinajstić information content (AvgIpc) is 3.18. The molecule has 1 aliphatic carbocycles. The molecule has 3 rings (SSSR count). The monoisotopic (exact) mass is 374 g/mol. The molecule has 0 radical (unpaired) electrons. The van der Waals surface area contributed by atoms with Crippen LogP contribution in [-0.4, -0.2) is 35.9 Å². The molecule has 5 nitrogen and oxygen atoms in total. The fraction of sp³-hybridized carbons (Fsp3) is 0.636. The molecular formula is C22H30O5. The molecule has 0 aromatic heterocycles. The number of fused-ring (bicyclic) bond motifs is 2. The van der Waals surface area contributed by atoms with Crippen LogP contribution in [0.5, 0.6) is 0 Å². The van der Waals surface area contributed by atoms with Crippen molar-refractivity contribution in [1.82, 2.24) is 0 Å². The Morgan fingerprint density at radius 1 is 1.30 bits per heavy atom. The Morgan fingerprint density at radius 2 is 2.04 bits per heavy atom. The van der Waals surface area contributed by atoms with Gasteiger partial charge in [-0.2, -0.15) is 0 Å². The highest BCUT2D eigenvalue weighted by Crippen LogP contribution is 2.47. The molecule has 3 aliphatic rings. The van der Waals surface area contributed by atoms with Crippen LogP contribution >= 0.6 is 0 Å². The summed E-state index contributed by atoms with van der Waals surface area (Å²) in [5.74, 6) is -0.917. The Kier molecular flexibility index (Phi) is 5.61. The van der Waals surface area contributed by atoms with Crippen molar-refractivity contribution < 1.29 is 23.8 Å². The summed E-state index contributed by atoms with van der Waals surface area (Å²) in [4.78, 5) is 23.8. The predicted molar refractivity (Wildman–Crippen MR) is 102 cm³/mol. The van der Waals surface area contributed by atoms with E-state index in [-0.39, 0.29) is 30.1 Å². The number of ether oxygens (including phenoxy) is 3. The highest BCUT2D eigenvalue weighted by atomic mass is 16.6. The lowest BCUT2D eigenvalue weighted by Crippen LogP contribution is -2.37. The number of carbonyl (C=O) groups is 2. The summed E-state index contributed by atoms with van der Waals surface area (Å²) in [6, 6.07) is 0. The van der Waals surface area contributed by atoms with Gasteiger partial charge < -0.3 is 14.2 Å². The second kappa shape index (κ2) is 7.63. The smallest absolute Gasteiger partial charge is 0.334 e. The molecule has 2 fully saturated rings. The fourth-order valence-corrected chi connectivity index (χ4v) is 4.16. The normalized spacial score (nSPS) is 41.0. The van der Waals surface area contributed by atoms with Crippen molar-refractivity contribution in [3.8, 4) is 0 Å². The van der Waals surface area contributed by atoms with Crippen molar-refractivity contribution in [2.24, 2.45) is 5.92 Å². The zero-order valence-electron chi connectivity index (χ0n) is 16.7. The van der Waals surface area contributed by atoms with Crippen molar-refractivity contribution in [1.29, 1.82) is 0 Å². The largest absolute Gasteiger partial charge is 0.459 e. The third-order valence-electron chi connectivity index (χ3n) is 6.02. The van der Waals surface area contributed by atoms with Crippen molar-refractivity contribution in [3.63, 3.8) is 0 Å². The van der Waals surface area contributed by atoms with Crippen molar-refractivity contribution in [2.45, 2.75) is 83.7 Å². The second-order valence-corrected chi connectivity index (χ2v) is 8.27. The Labute approximate surface area is 161 Å². The molecule has 0 saturated carbocycles. The van der Waals surface area contributed by atoms with Gasteiger partial charge in [0.1, 0.15) is 17.8 Å². The van der Waals surface area contributed by atoms with Gasteiger partial charge in [-0.15, -0.1) is 0 Å². The summed E-state index contributed by atoms with van der Waals surface area (Å²) >= 11 is 0. The molecule has 0 bridgehead atoms. The molecule has 27 heavy (non-hydrogen) atoms. The molecule has 0 spiro atoms. The molecule has 5 atom stereocenters. The Morgan fingerprint density at radius 3 is 2.74 bits per heavy atom. The number of esters is 2. The van der Waals surface area contributed by atoms with Crippen LogP contribution in [0.4, 0.5) is 0 Å². The molecule has 2 saturated heterocycles. The molecule has 0 aromatic carbocycles. The van der Waals surface area contributed by atoms with Crippen LogP contribution in [0.15, 0.2) is 35.5 Å². The van der Waals surface area contributed by atoms with Crippen LogP contribution in [0, 0.1) is 5.92 Å². The van der Waals surface area contributed by atoms with Crippen LogP contribution in [-0.2, 0) is 23.8 Å². The molecule has 0 N–H and O–H groups in total. The highest BCUT2D eigenvalue weighted by Gasteiger charge is 2.60. The van der Waals surface area contributed by atoms with Gasteiger partial charge in [-0.3, -0.25) is 4.79 Å². The molecule has 148 valence electrons. The quantitative estimate of drug-likeness (QED) is 0.300. The standard InChI is InChI=1S/C22H30O5/c1-13-7-6-8-14(2)11-18-17(15(3)21(24)26-18)12-20(25-16(4)23)22(5)19(27-22)10-9-13/h7,11,17-20H,3,6,8-10,12H2,1-2,4-5H3/b13-7+,14-11+/t17-,18+,19-,20+,22+/m1/s1.